The van der Waals surface area contributed by atoms with Crippen LogP contribution >= 0.6 is 7.82 Å². The average molecular weight is 322 g/mol. The standard InChI is InChI=1S/C14H27O6P/c1-5-8-10-13(11-9-6-2)12(4)14(15)19-20-21(16,17)18-7-3/h5-11H2,1-4H3,(H,16,17). The highest BCUT2D eigenvalue weighted by atomic mass is 31.2. The highest BCUT2D eigenvalue weighted by Gasteiger charge is 2.25. The summed E-state index contributed by atoms with van der Waals surface area (Å²) in [6.45, 7) is 7.33. The summed E-state index contributed by atoms with van der Waals surface area (Å²) in [4.78, 5) is 25.5. The Kier molecular flexibility index (Phi) is 10.6. The predicted molar refractivity (Wildman–Crippen MR) is 80.4 cm³/mol. The molecule has 0 amide bonds. The number of allylic oxidation sites excluding steroid dienone is 1. The first-order valence-corrected chi connectivity index (χ1v) is 8.94. The topological polar surface area (TPSA) is 82.1 Å². The van der Waals surface area contributed by atoms with Crippen LogP contribution in [0.2, 0.25) is 0 Å². The molecule has 1 atom stereocenters. The normalized spacial score (nSPS) is 13.6. The van der Waals surface area contributed by atoms with Crippen molar-refractivity contribution in [2.75, 3.05) is 6.61 Å². The van der Waals surface area contributed by atoms with Gasteiger partial charge in [-0.15, -0.1) is 0 Å². The molecule has 0 saturated carbocycles. The van der Waals surface area contributed by atoms with E-state index in [0.29, 0.717) is 5.57 Å². The number of hydrogen-bond acceptors (Lipinski definition) is 5. The Morgan fingerprint density at radius 2 is 1.62 bits per heavy atom. The van der Waals surface area contributed by atoms with Crippen molar-refractivity contribution in [2.45, 2.75) is 66.2 Å². The zero-order valence-corrected chi connectivity index (χ0v) is 14.3. The Morgan fingerprint density at radius 1 is 1.10 bits per heavy atom. The molecular weight excluding hydrogens is 295 g/mol. The van der Waals surface area contributed by atoms with E-state index in [1.165, 1.54) is 6.92 Å². The summed E-state index contributed by atoms with van der Waals surface area (Å²) < 4.78 is 19.9. The van der Waals surface area contributed by atoms with Crippen LogP contribution in [0.15, 0.2) is 11.1 Å². The molecule has 0 saturated heterocycles. The monoisotopic (exact) mass is 322 g/mol. The molecule has 0 radical (unpaired) electrons. The number of carbonyl (C=O) groups excluding carboxylic acids is 1. The second-order valence-corrected chi connectivity index (χ2v) is 6.11. The second kappa shape index (κ2) is 11.0. The Labute approximate surface area is 127 Å². The van der Waals surface area contributed by atoms with Gasteiger partial charge in [-0.2, -0.15) is 0 Å². The Hall–Kier alpha value is -0.680. The fraction of sp³-hybridized carbons (Fsp3) is 0.786. The summed E-state index contributed by atoms with van der Waals surface area (Å²) in [6, 6.07) is 0. The summed E-state index contributed by atoms with van der Waals surface area (Å²) in [5.74, 6) is -0.744. The van der Waals surface area contributed by atoms with Gasteiger partial charge in [0, 0.05) is 5.57 Å². The molecule has 0 aromatic heterocycles. The lowest BCUT2D eigenvalue weighted by Crippen LogP contribution is -2.09. The number of rotatable bonds is 11. The summed E-state index contributed by atoms with van der Waals surface area (Å²) in [5, 5.41) is 0. The third-order valence-corrected chi connectivity index (χ3v) is 3.85. The zero-order valence-electron chi connectivity index (χ0n) is 13.4. The largest absolute Gasteiger partial charge is 0.508 e. The molecule has 0 aromatic rings. The Balaban J connectivity index is 4.71. The molecule has 21 heavy (non-hydrogen) atoms. The SMILES string of the molecule is CCCCC(CCCC)=C(C)C(=O)OOP(=O)(O)OCC. The van der Waals surface area contributed by atoms with Crippen LogP contribution in [0.5, 0.6) is 0 Å². The van der Waals surface area contributed by atoms with Crippen LogP contribution in [0.25, 0.3) is 0 Å². The maximum atomic E-state index is 11.9. The summed E-state index contributed by atoms with van der Waals surface area (Å²) in [5.41, 5.74) is 1.45. The van der Waals surface area contributed by atoms with Crippen LogP contribution < -0.4 is 0 Å². The number of carbonyl (C=O) groups is 1. The van der Waals surface area contributed by atoms with Crippen molar-refractivity contribution in [3.05, 3.63) is 11.1 Å². The summed E-state index contributed by atoms with van der Waals surface area (Å²) >= 11 is 0. The minimum Gasteiger partial charge on any atom is -0.300 e. The molecule has 0 aliphatic heterocycles. The van der Waals surface area contributed by atoms with E-state index in [1.54, 1.807) is 6.92 Å². The fourth-order valence-corrected chi connectivity index (χ4v) is 2.28. The molecule has 0 bridgehead atoms. The third kappa shape index (κ3) is 9.04. The van der Waals surface area contributed by atoms with Gasteiger partial charge in [-0.3, -0.25) is 9.41 Å². The molecule has 0 aliphatic rings. The lowest BCUT2D eigenvalue weighted by molar-refractivity contribution is -0.218. The molecular formula is C14H27O6P. The van der Waals surface area contributed by atoms with Gasteiger partial charge in [-0.25, -0.2) is 9.36 Å². The molecule has 0 aliphatic carbocycles. The quantitative estimate of drug-likeness (QED) is 0.264. The molecule has 6 nitrogen and oxygen atoms in total. The summed E-state index contributed by atoms with van der Waals surface area (Å²) in [7, 11) is -4.32. The van der Waals surface area contributed by atoms with Crippen molar-refractivity contribution >= 4 is 13.8 Å². The maximum Gasteiger partial charge on any atom is 0.508 e. The van der Waals surface area contributed by atoms with E-state index in [-0.39, 0.29) is 6.61 Å². The number of hydrogen-bond donors (Lipinski definition) is 1. The van der Waals surface area contributed by atoms with Gasteiger partial charge < -0.3 is 4.89 Å². The van der Waals surface area contributed by atoms with Crippen LogP contribution in [0.1, 0.15) is 66.2 Å². The Bertz CT molecular complexity index is 381. The maximum absolute atomic E-state index is 11.9. The van der Waals surface area contributed by atoms with Gasteiger partial charge in [0.2, 0.25) is 0 Å². The third-order valence-electron chi connectivity index (χ3n) is 3.00. The van der Waals surface area contributed by atoms with E-state index in [0.717, 1.165) is 44.1 Å². The van der Waals surface area contributed by atoms with Gasteiger partial charge >= 0.3 is 13.8 Å². The van der Waals surface area contributed by atoms with E-state index in [1.807, 2.05) is 0 Å². The minimum atomic E-state index is -4.32. The van der Waals surface area contributed by atoms with Crippen LogP contribution in [-0.2, 0) is 23.4 Å². The predicted octanol–water partition coefficient (Wildman–Crippen LogP) is 4.30. The van der Waals surface area contributed by atoms with Gasteiger partial charge in [0.1, 0.15) is 0 Å². The zero-order chi connectivity index (χ0) is 16.3. The van der Waals surface area contributed by atoms with E-state index in [9.17, 15) is 14.3 Å². The molecule has 0 spiro atoms. The van der Waals surface area contributed by atoms with Gasteiger partial charge in [0.15, 0.2) is 0 Å². The van der Waals surface area contributed by atoms with Crippen molar-refractivity contribution in [3.8, 4) is 0 Å². The van der Waals surface area contributed by atoms with Crippen LogP contribution in [0.4, 0.5) is 0 Å². The van der Waals surface area contributed by atoms with Crippen LogP contribution in [0, 0.1) is 0 Å². The van der Waals surface area contributed by atoms with Gasteiger partial charge in [-0.05, 0) is 39.5 Å². The molecule has 1 N–H and O–H groups in total. The highest BCUT2D eigenvalue weighted by Crippen LogP contribution is 2.43. The smallest absolute Gasteiger partial charge is 0.300 e. The molecule has 0 heterocycles. The Morgan fingerprint density at radius 3 is 2.05 bits per heavy atom. The number of unbranched alkanes of at least 4 members (excludes halogenated alkanes) is 2. The van der Waals surface area contributed by atoms with Gasteiger partial charge in [-0.1, -0.05) is 36.9 Å². The molecule has 0 rings (SSSR count). The van der Waals surface area contributed by atoms with E-state index >= 15 is 0 Å². The lowest BCUT2D eigenvalue weighted by Gasteiger charge is -2.12. The van der Waals surface area contributed by atoms with Crippen molar-refractivity contribution in [1.82, 2.24) is 0 Å². The second-order valence-electron chi connectivity index (χ2n) is 4.77. The number of phosphoric acid groups is 1. The molecule has 1 unspecified atom stereocenters. The van der Waals surface area contributed by atoms with Crippen LogP contribution in [0.3, 0.4) is 0 Å². The fourth-order valence-electron chi connectivity index (χ4n) is 1.75. The molecule has 0 fully saturated rings. The van der Waals surface area contributed by atoms with Crippen molar-refractivity contribution in [2.24, 2.45) is 0 Å². The van der Waals surface area contributed by atoms with Crippen LogP contribution in [-0.4, -0.2) is 17.5 Å². The van der Waals surface area contributed by atoms with E-state index in [4.69, 9.17) is 0 Å². The van der Waals surface area contributed by atoms with Crippen molar-refractivity contribution in [3.63, 3.8) is 0 Å². The minimum absolute atomic E-state index is 0.0155. The summed E-state index contributed by atoms with van der Waals surface area (Å²) in [6.07, 6.45) is 5.68. The lowest BCUT2D eigenvalue weighted by atomic mass is 9.98. The first kappa shape index (κ1) is 20.3. The molecule has 7 heteroatoms. The van der Waals surface area contributed by atoms with Crippen molar-refractivity contribution < 1.29 is 28.3 Å². The number of phosphoric ester groups is 1. The molecule has 124 valence electrons. The van der Waals surface area contributed by atoms with Crippen molar-refractivity contribution in [1.29, 1.82) is 0 Å². The van der Waals surface area contributed by atoms with E-state index < -0.39 is 13.8 Å². The van der Waals surface area contributed by atoms with E-state index in [2.05, 4.69) is 27.9 Å². The van der Waals surface area contributed by atoms with Gasteiger partial charge in [0.25, 0.3) is 0 Å². The highest BCUT2D eigenvalue weighted by molar-refractivity contribution is 7.47. The average Bonchev–Trinajstić information content (AvgIpc) is 2.44. The van der Waals surface area contributed by atoms with Gasteiger partial charge in [0.05, 0.1) is 6.61 Å². The molecule has 0 aromatic carbocycles. The first-order chi connectivity index (χ1) is 9.87. The first-order valence-electron chi connectivity index (χ1n) is 7.44.